The Morgan fingerprint density at radius 1 is 0.981 bits per heavy atom. The molecule has 1 aliphatic heterocycles. The Kier molecular flexibility index (Phi) is 11.0. The molecule has 0 atom stereocenters. The Balaban J connectivity index is 0.914. The number of fused-ring (bicyclic) bond motifs is 1. The van der Waals surface area contributed by atoms with E-state index in [0.717, 1.165) is 27.9 Å². The number of halogens is 1. The number of rotatable bonds is 14. The maximum atomic E-state index is 13.4. The van der Waals surface area contributed by atoms with E-state index in [1.807, 2.05) is 37.3 Å². The minimum atomic E-state index is -0.255. The minimum absolute atomic E-state index is 0.0754. The van der Waals surface area contributed by atoms with Gasteiger partial charge in [-0.1, -0.05) is 45.9 Å². The van der Waals surface area contributed by atoms with Gasteiger partial charge in [0, 0.05) is 59.0 Å². The molecule has 11 heteroatoms. The smallest absolute Gasteiger partial charge is 0.326 e. The molecule has 1 aliphatic carbocycles. The third-order valence-electron chi connectivity index (χ3n) is 10.6. The van der Waals surface area contributed by atoms with E-state index < -0.39 is 0 Å². The number of aryl methyl sites for hydroxylation is 1. The number of carbonyl (C=O) groups excluding carboxylic acids is 2. The first-order valence-electron chi connectivity index (χ1n) is 17.8. The predicted octanol–water partition coefficient (Wildman–Crippen LogP) is 8.68. The van der Waals surface area contributed by atoms with Crippen molar-refractivity contribution in [3.05, 3.63) is 101 Å². The van der Waals surface area contributed by atoms with E-state index >= 15 is 0 Å². The second kappa shape index (κ2) is 15.5. The van der Waals surface area contributed by atoms with Crippen LogP contribution in [0.1, 0.15) is 62.0 Å². The summed E-state index contributed by atoms with van der Waals surface area (Å²) in [6, 6.07) is 20.0. The molecule has 2 heterocycles. The van der Waals surface area contributed by atoms with Crippen LogP contribution in [0.5, 0.6) is 17.2 Å². The monoisotopic (exact) mass is 736 g/mol. The van der Waals surface area contributed by atoms with Crippen molar-refractivity contribution in [1.29, 1.82) is 5.26 Å². The molecule has 4 aromatic rings. The summed E-state index contributed by atoms with van der Waals surface area (Å²) < 4.78 is 23.8. The molecule has 0 radical (unpaired) electrons. The molecule has 1 saturated heterocycles. The van der Waals surface area contributed by atoms with Crippen molar-refractivity contribution in [3.8, 4) is 23.3 Å². The second-order valence-corrected chi connectivity index (χ2v) is 15.2. The fourth-order valence-corrected chi connectivity index (χ4v) is 8.13. The Hall–Kier alpha value is -5.11. The number of aromatic nitrogens is 1. The number of ether oxygens (including phenoxy) is 4. The molecular formula is C42H45ClN4O6. The first-order valence-corrected chi connectivity index (χ1v) is 18.2. The quantitative estimate of drug-likeness (QED) is 0.101. The summed E-state index contributed by atoms with van der Waals surface area (Å²) in [5, 5.41) is 13.3. The number of pyridine rings is 1. The third kappa shape index (κ3) is 7.97. The zero-order valence-corrected chi connectivity index (χ0v) is 31.6. The van der Waals surface area contributed by atoms with Gasteiger partial charge in [0.2, 0.25) is 0 Å². The van der Waals surface area contributed by atoms with Crippen LogP contribution < -0.4 is 24.4 Å². The molecule has 2 fully saturated rings. The van der Waals surface area contributed by atoms with E-state index in [1.54, 1.807) is 41.4 Å². The number of nitrogens with zero attached hydrogens (tertiary/aromatic N) is 3. The van der Waals surface area contributed by atoms with E-state index in [-0.39, 0.29) is 34.7 Å². The number of carbonyl (C=O) groups is 2. The maximum Gasteiger partial charge on any atom is 0.326 e. The molecular weight excluding hydrogens is 692 g/mol. The molecule has 6 rings (SSSR count). The van der Waals surface area contributed by atoms with Crippen LogP contribution in [0.4, 0.5) is 10.5 Å². The van der Waals surface area contributed by atoms with Gasteiger partial charge in [0.05, 0.1) is 41.2 Å². The van der Waals surface area contributed by atoms with Crippen LogP contribution in [0.25, 0.3) is 10.9 Å². The molecule has 3 aromatic carbocycles. The van der Waals surface area contributed by atoms with Gasteiger partial charge >= 0.3 is 6.03 Å². The van der Waals surface area contributed by atoms with Crippen molar-refractivity contribution in [2.24, 2.45) is 16.7 Å². The van der Waals surface area contributed by atoms with Gasteiger partial charge in [-0.3, -0.25) is 14.7 Å². The lowest BCUT2D eigenvalue weighted by molar-refractivity contribution is -0.196. The third-order valence-corrected chi connectivity index (χ3v) is 10.9. The minimum Gasteiger partial charge on any atom is -0.491 e. The highest BCUT2D eigenvalue weighted by molar-refractivity contribution is 6.31. The molecule has 276 valence electrons. The summed E-state index contributed by atoms with van der Waals surface area (Å²) in [7, 11) is 0. The van der Waals surface area contributed by atoms with E-state index in [9.17, 15) is 14.9 Å². The van der Waals surface area contributed by atoms with Gasteiger partial charge in [0.1, 0.15) is 42.6 Å². The molecule has 0 bridgehead atoms. The van der Waals surface area contributed by atoms with Crippen LogP contribution >= 0.6 is 11.6 Å². The first-order chi connectivity index (χ1) is 25.3. The van der Waals surface area contributed by atoms with Crippen molar-refractivity contribution in [1.82, 2.24) is 10.3 Å². The van der Waals surface area contributed by atoms with Crippen LogP contribution in [-0.2, 0) is 4.74 Å². The number of nitrogens with one attached hydrogen (secondary N) is 1. The Bertz CT molecular complexity index is 2060. The maximum absolute atomic E-state index is 13.4. The Morgan fingerprint density at radius 3 is 2.30 bits per heavy atom. The van der Waals surface area contributed by atoms with Gasteiger partial charge in [-0.15, -0.1) is 0 Å². The molecule has 1 aromatic heterocycles. The predicted molar refractivity (Wildman–Crippen MR) is 205 cm³/mol. The second-order valence-electron chi connectivity index (χ2n) is 14.8. The Labute approximate surface area is 315 Å². The zero-order chi connectivity index (χ0) is 37.9. The standard InChI is InChI=1S/C42H45ClN4O6/c1-26-15-16-47(40(49)46-26)36-25-45-35-22-31(13-14-33(35)27(36)2)52-20-18-50-17-19-51-30-10-7-28(8-11-30)37(48)23-38-41(3,4)39(42(38,5)6)53-32-12-9-29(24-44)34(43)21-32/h7-14,21-22,25,38-39H,1,15-20,23H2,2-6H3,(H,46,49). The highest BCUT2D eigenvalue weighted by Crippen LogP contribution is 2.61. The van der Waals surface area contributed by atoms with E-state index in [4.69, 9.17) is 30.5 Å². The van der Waals surface area contributed by atoms with Crippen molar-refractivity contribution in [2.75, 3.05) is 37.9 Å². The molecule has 0 spiro atoms. The van der Waals surface area contributed by atoms with Gasteiger partial charge in [0.25, 0.3) is 0 Å². The Morgan fingerprint density at radius 2 is 1.64 bits per heavy atom. The number of urea groups is 1. The van der Waals surface area contributed by atoms with Crippen molar-refractivity contribution >= 4 is 40.0 Å². The number of amides is 2. The number of hydrogen-bond donors (Lipinski definition) is 1. The van der Waals surface area contributed by atoms with Gasteiger partial charge in [-0.05, 0) is 66.9 Å². The lowest BCUT2D eigenvalue weighted by atomic mass is 9.44. The lowest BCUT2D eigenvalue weighted by Gasteiger charge is -2.63. The average molecular weight is 737 g/mol. The fourth-order valence-electron chi connectivity index (χ4n) is 7.91. The normalized spacial score (nSPS) is 18.8. The van der Waals surface area contributed by atoms with Gasteiger partial charge in [-0.25, -0.2) is 4.79 Å². The molecule has 1 N–H and O–H groups in total. The van der Waals surface area contributed by atoms with E-state index in [0.29, 0.717) is 79.2 Å². The van der Waals surface area contributed by atoms with Gasteiger partial charge in [0.15, 0.2) is 5.78 Å². The summed E-state index contributed by atoms with van der Waals surface area (Å²) in [6.07, 6.45) is 2.69. The summed E-state index contributed by atoms with van der Waals surface area (Å²) in [5.74, 6) is 2.14. The van der Waals surface area contributed by atoms with Crippen LogP contribution in [-0.4, -0.2) is 55.9 Å². The topological polar surface area (TPSA) is 123 Å². The summed E-state index contributed by atoms with van der Waals surface area (Å²) in [6.45, 7) is 16.4. The van der Waals surface area contributed by atoms with Crippen LogP contribution in [0, 0.1) is 35.0 Å². The van der Waals surface area contributed by atoms with Crippen LogP contribution in [0.3, 0.4) is 0 Å². The SMILES string of the molecule is C=C1CCN(c2cnc3cc(OCCOCCOc4ccc(C(=O)CC5C(C)(C)C(Oc6ccc(C#N)c(Cl)c6)C5(C)C)cc4)ccc3c2C)C(=O)N1. The number of benzene rings is 3. The lowest BCUT2D eigenvalue weighted by Crippen LogP contribution is -2.66. The summed E-state index contributed by atoms with van der Waals surface area (Å²) in [5.41, 5.74) is 3.80. The molecule has 2 aliphatic rings. The summed E-state index contributed by atoms with van der Waals surface area (Å²) >= 11 is 6.23. The highest BCUT2D eigenvalue weighted by Gasteiger charge is 2.63. The number of hydrogen-bond acceptors (Lipinski definition) is 8. The van der Waals surface area contributed by atoms with Crippen molar-refractivity contribution in [3.63, 3.8) is 0 Å². The summed E-state index contributed by atoms with van der Waals surface area (Å²) in [4.78, 5) is 32.1. The number of ketones is 1. The van der Waals surface area contributed by atoms with Gasteiger partial charge < -0.3 is 24.3 Å². The molecule has 2 amide bonds. The molecule has 0 unspecified atom stereocenters. The van der Waals surface area contributed by atoms with Crippen LogP contribution in [0.2, 0.25) is 5.02 Å². The molecule has 53 heavy (non-hydrogen) atoms. The fraction of sp³-hybridized carbons (Fsp3) is 0.381. The zero-order valence-electron chi connectivity index (χ0n) is 30.8. The number of nitriles is 1. The number of Topliss-reactive ketones (excluding diaryl/α,β-unsaturated/α-hetero) is 1. The molecule has 10 nitrogen and oxygen atoms in total. The van der Waals surface area contributed by atoms with E-state index in [1.165, 1.54) is 0 Å². The average Bonchev–Trinajstić information content (AvgIpc) is 3.13. The van der Waals surface area contributed by atoms with Gasteiger partial charge in [-0.2, -0.15) is 5.26 Å². The largest absolute Gasteiger partial charge is 0.491 e. The van der Waals surface area contributed by atoms with Crippen molar-refractivity contribution in [2.45, 2.75) is 53.6 Å². The number of anilines is 1. The highest BCUT2D eigenvalue weighted by atomic mass is 35.5. The van der Waals surface area contributed by atoms with E-state index in [2.05, 4.69) is 50.6 Å². The van der Waals surface area contributed by atoms with Crippen molar-refractivity contribution < 1.29 is 28.5 Å². The van der Waals surface area contributed by atoms with Crippen LogP contribution in [0.15, 0.2) is 79.1 Å². The first kappa shape index (κ1) is 37.6. The molecule has 1 saturated carbocycles.